The second kappa shape index (κ2) is 8.27. The van der Waals surface area contributed by atoms with Gasteiger partial charge in [0.1, 0.15) is 28.6 Å². The molecule has 158 valence electrons. The fourth-order valence-electron chi connectivity index (χ4n) is 4.04. The van der Waals surface area contributed by atoms with E-state index in [2.05, 4.69) is 13.0 Å². The highest BCUT2D eigenvalue weighted by molar-refractivity contribution is 6.03. The number of aromatic hydroxyl groups is 3. The lowest BCUT2D eigenvalue weighted by molar-refractivity contribution is 0.0568. The van der Waals surface area contributed by atoms with Crippen molar-refractivity contribution in [3.8, 4) is 23.0 Å². The van der Waals surface area contributed by atoms with Crippen LogP contribution in [0.2, 0.25) is 0 Å². The van der Waals surface area contributed by atoms with Crippen molar-refractivity contribution in [3.63, 3.8) is 0 Å². The lowest BCUT2D eigenvalue weighted by atomic mass is 9.75. The molecule has 1 heterocycles. The van der Waals surface area contributed by atoms with Crippen LogP contribution in [0.15, 0.2) is 59.2 Å². The number of Topliss-reactive ketones (excluding diaryl/α,β-unsaturated/α-hetero) is 1. The van der Waals surface area contributed by atoms with Crippen molar-refractivity contribution in [2.24, 2.45) is 0 Å². The summed E-state index contributed by atoms with van der Waals surface area (Å²) in [5.74, 6) is -0.459. The number of ether oxygens (including phenoxy) is 1. The quantitative estimate of drug-likeness (QED) is 0.549. The van der Waals surface area contributed by atoms with Crippen molar-refractivity contribution < 1.29 is 24.9 Å². The van der Waals surface area contributed by atoms with E-state index in [-0.39, 0.29) is 40.8 Å². The molecule has 2 aromatic carbocycles. The van der Waals surface area contributed by atoms with Gasteiger partial charge < -0.3 is 20.1 Å². The van der Waals surface area contributed by atoms with E-state index in [1.165, 1.54) is 11.6 Å². The molecule has 1 aliphatic heterocycles. The number of carbonyl (C=O) groups excluding carboxylic acids is 1. The summed E-state index contributed by atoms with van der Waals surface area (Å²) in [7, 11) is 0. The van der Waals surface area contributed by atoms with E-state index in [1.807, 2.05) is 20.8 Å². The van der Waals surface area contributed by atoms with Gasteiger partial charge in [0, 0.05) is 17.7 Å². The molecule has 3 rings (SSSR count). The summed E-state index contributed by atoms with van der Waals surface area (Å²) in [4.78, 5) is 13.2. The number of phenolic OH excluding ortho intramolecular Hbond substituents is 3. The number of hydrogen-bond acceptors (Lipinski definition) is 5. The topological polar surface area (TPSA) is 87.0 Å². The molecule has 0 saturated carbocycles. The first-order valence-corrected chi connectivity index (χ1v) is 10.0. The third-order valence-electron chi connectivity index (χ3n) is 5.73. The van der Waals surface area contributed by atoms with Crippen LogP contribution in [-0.4, -0.2) is 21.1 Å². The molecular formula is C25H28O5. The molecule has 0 amide bonds. The molecule has 0 radical (unpaired) electrons. The van der Waals surface area contributed by atoms with Crippen LogP contribution >= 0.6 is 0 Å². The maximum atomic E-state index is 13.2. The number of benzene rings is 2. The number of allylic oxidation sites excluding steroid dienone is 3. The van der Waals surface area contributed by atoms with Gasteiger partial charge in [0.2, 0.25) is 0 Å². The molecule has 0 spiro atoms. The van der Waals surface area contributed by atoms with Crippen molar-refractivity contribution in [2.75, 3.05) is 0 Å². The van der Waals surface area contributed by atoms with Gasteiger partial charge in [-0.3, -0.25) is 4.79 Å². The minimum absolute atomic E-state index is 0.0124. The Bertz CT molecular complexity index is 1030. The summed E-state index contributed by atoms with van der Waals surface area (Å²) in [6.07, 6.45) is 3.58. The minimum Gasteiger partial charge on any atom is -0.508 e. The van der Waals surface area contributed by atoms with Crippen LogP contribution in [0.3, 0.4) is 0 Å². The summed E-state index contributed by atoms with van der Waals surface area (Å²) in [6, 6.07) is 9.15. The van der Waals surface area contributed by atoms with E-state index >= 15 is 0 Å². The number of phenols is 3. The van der Waals surface area contributed by atoms with E-state index in [4.69, 9.17) is 4.74 Å². The molecule has 3 N–H and O–H groups in total. The van der Waals surface area contributed by atoms with Crippen LogP contribution in [0, 0.1) is 0 Å². The molecule has 1 unspecified atom stereocenters. The highest BCUT2D eigenvalue weighted by Crippen LogP contribution is 2.49. The normalized spacial score (nSPS) is 18.5. The molecule has 5 nitrogen and oxygen atoms in total. The largest absolute Gasteiger partial charge is 0.508 e. The summed E-state index contributed by atoms with van der Waals surface area (Å²) in [5.41, 5.74) is 2.96. The lowest BCUT2D eigenvalue weighted by Crippen LogP contribution is -2.42. The van der Waals surface area contributed by atoms with Crippen molar-refractivity contribution in [1.82, 2.24) is 0 Å². The van der Waals surface area contributed by atoms with Crippen molar-refractivity contribution in [1.29, 1.82) is 0 Å². The highest BCUT2D eigenvalue weighted by Gasteiger charge is 2.46. The van der Waals surface area contributed by atoms with Crippen LogP contribution < -0.4 is 4.74 Å². The molecule has 0 aromatic heterocycles. The minimum atomic E-state index is -1.09. The number of fused-ring (bicyclic) bond motifs is 1. The third kappa shape index (κ3) is 3.92. The second-order valence-corrected chi connectivity index (χ2v) is 8.03. The Morgan fingerprint density at radius 1 is 1.03 bits per heavy atom. The van der Waals surface area contributed by atoms with Gasteiger partial charge in [-0.25, -0.2) is 0 Å². The van der Waals surface area contributed by atoms with Gasteiger partial charge in [-0.1, -0.05) is 29.4 Å². The average Bonchev–Trinajstić information content (AvgIpc) is 2.67. The summed E-state index contributed by atoms with van der Waals surface area (Å²) < 4.78 is 6.47. The molecule has 0 bridgehead atoms. The van der Waals surface area contributed by atoms with Gasteiger partial charge in [-0.2, -0.15) is 0 Å². The number of carbonyl (C=O) groups is 1. The monoisotopic (exact) mass is 408 g/mol. The Balaban J connectivity index is 2.22. The second-order valence-electron chi connectivity index (χ2n) is 8.03. The fraction of sp³-hybridized carbons (Fsp3) is 0.320. The van der Waals surface area contributed by atoms with Crippen molar-refractivity contribution in [2.45, 2.75) is 52.6 Å². The Labute approximate surface area is 177 Å². The first-order chi connectivity index (χ1) is 14.2. The number of ketones is 1. The van der Waals surface area contributed by atoms with Crippen LogP contribution in [-0.2, 0) is 5.60 Å². The third-order valence-corrected chi connectivity index (χ3v) is 5.73. The SMILES string of the molecule is C/C=C(\C)CCC(=C(C)C)C1(c2ccc(O)cc2)CC(=O)c2c(O)cc(O)cc2O1. The molecule has 1 atom stereocenters. The van der Waals surface area contributed by atoms with Gasteiger partial charge >= 0.3 is 0 Å². The van der Waals surface area contributed by atoms with Crippen LogP contribution in [0.1, 0.15) is 62.9 Å². The van der Waals surface area contributed by atoms with E-state index in [9.17, 15) is 20.1 Å². The zero-order valence-corrected chi connectivity index (χ0v) is 17.8. The molecule has 0 saturated heterocycles. The Morgan fingerprint density at radius 3 is 2.30 bits per heavy atom. The summed E-state index contributed by atoms with van der Waals surface area (Å²) in [5, 5.41) is 30.0. The fourth-order valence-corrected chi connectivity index (χ4v) is 4.04. The van der Waals surface area contributed by atoms with E-state index in [0.29, 0.717) is 6.42 Å². The maximum absolute atomic E-state index is 13.2. The lowest BCUT2D eigenvalue weighted by Gasteiger charge is -2.41. The van der Waals surface area contributed by atoms with Crippen LogP contribution in [0.25, 0.3) is 0 Å². The zero-order chi connectivity index (χ0) is 22.1. The predicted molar refractivity (Wildman–Crippen MR) is 116 cm³/mol. The first-order valence-electron chi connectivity index (χ1n) is 10.0. The van der Waals surface area contributed by atoms with E-state index in [0.717, 1.165) is 29.2 Å². The molecule has 2 aromatic rings. The molecule has 5 heteroatoms. The first kappa shape index (κ1) is 21.5. The van der Waals surface area contributed by atoms with E-state index in [1.54, 1.807) is 24.3 Å². The standard InChI is InChI=1S/C25H28O5/c1-5-16(4)6-11-20(15(2)3)25(17-7-9-18(26)10-8-17)14-22(29)24-21(28)12-19(27)13-23(24)30-25/h5,7-10,12-13,26-28H,6,11,14H2,1-4H3/b16-5+. The van der Waals surface area contributed by atoms with Gasteiger partial charge in [0.05, 0.1) is 6.42 Å². The van der Waals surface area contributed by atoms with Crippen LogP contribution in [0.4, 0.5) is 0 Å². The summed E-state index contributed by atoms with van der Waals surface area (Å²) in [6.45, 7) is 8.04. The molecule has 0 fully saturated rings. The molecule has 1 aliphatic rings. The van der Waals surface area contributed by atoms with Gasteiger partial charge in [-0.15, -0.1) is 0 Å². The number of rotatable bonds is 5. The smallest absolute Gasteiger partial charge is 0.175 e. The Hall–Kier alpha value is -3.21. The Morgan fingerprint density at radius 2 is 1.70 bits per heavy atom. The molecular weight excluding hydrogens is 380 g/mol. The van der Waals surface area contributed by atoms with Crippen molar-refractivity contribution >= 4 is 5.78 Å². The molecule has 0 aliphatic carbocycles. The predicted octanol–water partition coefficient (Wildman–Crippen LogP) is 5.75. The maximum Gasteiger partial charge on any atom is 0.175 e. The summed E-state index contributed by atoms with van der Waals surface area (Å²) >= 11 is 0. The zero-order valence-electron chi connectivity index (χ0n) is 17.8. The van der Waals surface area contributed by atoms with Gasteiger partial charge in [-0.05, 0) is 58.2 Å². The van der Waals surface area contributed by atoms with Gasteiger partial charge in [0.25, 0.3) is 0 Å². The van der Waals surface area contributed by atoms with Crippen molar-refractivity contribution in [3.05, 3.63) is 70.3 Å². The Kier molecular flexibility index (Phi) is 5.92. The highest BCUT2D eigenvalue weighted by atomic mass is 16.5. The number of hydrogen-bond donors (Lipinski definition) is 3. The molecule has 30 heavy (non-hydrogen) atoms. The van der Waals surface area contributed by atoms with E-state index < -0.39 is 5.60 Å². The van der Waals surface area contributed by atoms with Gasteiger partial charge in [0.15, 0.2) is 11.4 Å². The average molecular weight is 408 g/mol. The van der Waals surface area contributed by atoms with Crippen LogP contribution in [0.5, 0.6) is 23.0 Å².